The molecule has 1 aliphatic carbocycles. The number of benzene rings is 1. The summed E-state index contributed by atoms with van der Waals surface area (Å²) < 4.78 is 0. The lowest BCUT2D eigenvalue weighted by molar-refractivity contribution is 0.287. The minimum absolute atomic E-state index is 0.577. The van der Waals surface area contributed by atoms with Crippen LogP contribution in [-0.2, 0) is 0 Å². The van der Waals surface area contributed by atoms with Crippen LogP contribution in [0.25, 0.3) is 6.08 Å². The van der Waals surface area contributed by atoms with Gasteiger partial charge in [-0.05, 0) is 41.7 Å². The van der Waals surface area contributed by atoms with E-state index in [2.05, 4.69) is 44.7 Å². The van der Waals surface area contributed by atoms with Crippen LogP contribution in [0.4, 0.5) is 0 Å². The molecule has 0 nitrogen and oxygen atoms in total. The van der Waals surface area contributed by atoms with Gasteiger partial charge in [0, 0.05) is 0 Å². The first-order valence-corrected chi connectivity index (χ1v) is 7.86. The molecular weight excluding hydrogens is 228 g/mol. The lowest BCUT2D eigenvalue weighted by Crippen LogP contribution is -2.15. The minimum Gasteiger partial charge on any atom is -0.0985 e. The van der Waals surface area contributed by atoms with Crippen molar-refractivity contribution in [1.29, 1.82) is 0 Å². The largest absolute Gasteiger partial charge is 0.0985 e. The Kier molecular flexibility index (Phi) is 6.34. The SMILES string of the molecule is C=Cc1ccccc1C(C)CC1(C)CCCC1.CC. The van der Waals surface area contributed by atoms with Crippen LogP contribution in [0.2, 0.25) is 0 Å². The Bertz CT molecular complexity index is 383. The third-order valence-corrected chi connectivity index (χ3v) is 4.36. The average molecular weight is 258 g/mol. The third kappa shape index (κ3) is 4.23. The molecule has 0 amide bonds. The summed E-state index contributed by atoms with van der Waals surface area (Å²) in [4.78, 5) is 0. The molecule has 1 aromatic carbocycles. The molecule has 0 heterocycles. The van der Waals surface area contributed by atoms with Crippen molar-refractivity contribution in [3.8, 4) is 0 Å². The van der Waals surface area contributed by atoms with E-state index in [1.54, 1.807) is 0 Å². The Morgan fingerprint density at radius 3 is 2.37 bits per heavy atom. The summed E-state index contributed by atoms with van der Waals surface area (Å²) in [7, 11) is 0. The van der Waals surface area contributed by atoms with Gasteiger partial charge in [-0.3, -0.25) is 0 Å². The topological polar surface area (TPSA) is 0 Å². The Morgan fingerprint density at radius 1 is 1.21 bits per heavy atom. The molecule has 0 heteroatoms. The van der Waals surface area contributed by atoms with E-state index in [1.165, 1.54) is 43.2 Å². The highest BCUT2D eigenvalue weighted by Gasteiger charge is 2.30. The van der Waals surface area contributed by atoms with Crippen molar-refractivity contribution in [2.75, 3.05) is 0 Å². The molecule has 0 radical (unpaired) electrons. The van der Waals surface area contributed by atoms with Crippen LogP contribution in [0, 0.1) is 5.41 Å². The summed E-state index contributed by atoms with van der Waals surface area (Å²) in [5, 5.41) is 0. The van der Waals surface area contributed by atoms with E-state index in [-0.39, 0.29) is 0 Å². The average Bonchev–Trinajstić information content (AvgIpc) is 2.87. The zero-order valence-electron chi connectivity index (χ0n) is 13.2. The zero-order valence-corrected chi connectivity index (χ0v) is 13.2. The first-order chi connectivity index (χ1) is 9.14. The molecule has 0 saturated heterocycles. The first kappa shape index (κ1) is 16.0. The van der Waals surface area contributed by atoms with E-state index >= 15 is 0 Å². The summed E-state index contributed by atoms with van der Waals surface area (Å²) in [5.74, 6) is 0.646. The molecule has 106 valence electrons. The van der Waals surface area contributed by atoms with Gasteiger partial charge in [-0.15, -0.1) is 0 Å². The third-order valence-electron chi connectivity index (χ3n) is 4.36. The van der Waals surface area contributed by atoms with Gasteiger partial charge in [-0.1, -0.05) is 77.5 Å². The van der Waals surface area contributed by atoms with E-state index in [0.717, 1.165) is 0 Å². The Labute approximate surface area is 119 Å². The van der Waals surface area contributed by atoms with E-state index in [9.17, 15) is 0 Å². The predicted molar refractivity (Wildman–Crippen MR) is 87.5 cm³/mol. The number of rotatable bonds is 4. The molecular formula is C19H30. The molecule has 0 N–H and O–H groups in total. The van der Waals surface area contributed by atoms with E-state index in [4.69, 9.17) is 0 Å². The lowest BCUT2D eigenvalue weighted by atomic mass is 9.77. The Morgan fingerprint density at radius 2 is 1.79 bits per heavy atom. The molecule has 0 aliphatic heterocycles. The maximum absolute atomic E-state index is 3.92. The van der Waals surface area contributed by atoms with Crippen molar-refractivity contribution in [2.45, 2.75) is 65.7 Å². The van der Waals surface area contributed by atoms with Crippen LogP contribution < -0.4 is 0 Å². The second kappa shape index (κ2) is 7.53. The summed E-state index contributed by atoms with van der Waals surface area (Å²) in [6.45, 7) is 12.8. The van der Waals surface area contributed by atoms with Gasteiger partial charge in [-0.25, -0.2) is 0 Å². The molecule has 19 heavy (non-hydrogen) atoms. The fourth-order valence-electron chi connectivity index (χ4n) is 3.43. The minimum atomic E-state index is 0.577. The number of hydrogen-bond acceptors (Lipinski definition) is 0. The highest BCUT2D eigenvalue weighted by Crippen LogP contribution is 2.45. The number of hydrogen-bond donors (Lipinski definition) is 0. The monoisotopic (exact) mass is 258 g/mol. The zero-order chi connectivity index (χ0) is 14.3. The van der Waals surface area contributed by atoms with Crippen molar-refractivity contribution in [2.24, 2.45) is 5.41 Å². The van der Waals surface area contributed by atoms with Crippen molar-refractivity contribution in [1.82, 2.24) is 0 Å². The lowest BCUT2D eigenvalue weighted by Gasteiger charge is -2.28. The Balaban J connectivity index is 0.000000861. The van der Waals surface area contributed by atoms with E-state index in [1.807, 2.05) is 19.9 Å². The van der Waals surface area contributed by atoms with Crippen LogP contribution >= 0.6 is 0 Å². The predicted octanol–water partition coefficient (Wildman–Crippen LogP) is 6.43. The van der Waals surface area contributed by atoms with Crippen LogP contribution in [-0.4, -0.2) is 0 Å². The van der Waals surface area contributed by atoms with Gasteiger partial charge in [0.1, 0.15) is 0 Å². The van der Waals surface area contributed by atoms with Gasteiger partial charge < -0.3 is 0 Å². The molecule has 0 bridgehead atoms. The smallest absolute Gasteiger partial charge is 0.0179 e. The summed E-state index contributed by atoms with van der Waals surface area (Å²) in [6.07, 6.45) is 8.97. The highest BCUT2D eigenvalue weighted by molar-refractivity contribution is 5.52. The molecule has 0 spiro atoms. The normalized spacial score (nSPS) is 18.3. The van der Waals surface area contributed by atoms with Gasteiger partial charge in [0.15, 0.2) is 0 Å². The molecule has 1 saturated carbocycles. The molecule has 2 rings (SSSR count). The fraction of sp³-hybridized carbons (Fsp3) is 0.579. The van der Waals surface area contributed by atoms with Crippen LogP contribution in [0.15, 0.2) is 30.8 Å². The summed E-state index contributed by atoms with van der Waals surface area (Å²) in [5.41, 5.74) is 3.35. The van der Waals surface area contributed by atoms with Gasteiger partial charge in [0.2, 0.25) is 0 Å². The first-order valence-electron chi connectivity index (χ1n) is 7.86. The summed E-state index contributed by atoms with van der Waals surface area (Å²) >= 11 is 0. The standard InChI is InChI=1S/C17H24.C2H6/c1-4-15-9-5-6-10-16(15)14(2)13-17(3)11-7-8-12-17;1-2/h4-6,9-10,14H,1,7-8,11-13H2,2-3H3;1-2H3. The van der Waals surface area contributed by atoms with Crippen LogP contribution in [0.5, 0.6) is 0 Å². The fourth-order valence-corrected chi connectivity index (χ4v) is 3.43. The van der Waals surface area contributed by atoms with Crippen LogP contribution in [0.3, 0.4) is 0 Å². The van der Waals surface area contributed by atoms with Gasteiger partial charge in [0.05, 0.1) is 0 Å². The van der Waals surface area contributed by atoms with Crippen molar-refractivity contribution >= 4 is 6.08 Å². The van der Waals surface area contributed by atoms with Gasteiger partial charge in [-0.2, -0.15) is 0 Å². The van der Waals surface area contributed by atoms with Gasteiger partial charge in [0.25, 0.3) is 0 Å². The van der Waals surface area contributed by atoms with Crippen LogP contribution in [0.1, 0.15) is 76.8 Å². The highest BCUT2D eigenvalue weighted by atomic mass is 14.4. The molecule has 1 unspecified atom stereocenters. The van der Waals surface area contributed by atoms with Crippen molar-refractivity contribution in [3.05, 3.63) is 42.0 Å². The Hall–Kier alpha value is -1.04. The van der Waals surface area contributed by atoms with Gasteiger partial charge >= 0.3 is 0 Å². The van der Waals surface area contributed by atoms with E-state index in [0.29, 0.717) is 11.3 Å². The maximum Gasteiger partial charge on any atom is -0.0179 e. The maximum atomic E-state index is 3.92. The second-order valence-corrected chi connectivity index (χ2v) is 5.96. The van der Waals surface area contributed by atoms with Crippen molar-refractivity contribution in [3.63, 3.8) is 0 Å². The van der Waals surface area contributed by atoms with E-state index < -0.39 is 0 Å². The quantitative estimate of drug-likeness (QED) is 0.583. The van der Waals surface area contributed by atoms with Crippen molar-refractivity contribution < 1.29 is 0 Å². The summed E-state index contributed by atoms with van der Waals surface area (Å²) in [6, 6.07) is 8.69. The second-order valence-electron chi connectivity index (χ2n) is 5.96. The molecule has 0 aromatic heterocycles. The molecule has 1 atom stereocenters. The molecule has 1 aliphatic rings. The molecule has 1 fully saturated rings. The molecule has 1 aromatic rings.